The molecule has 2 atom stereocenters. The van der Waals surface area contributed by atoms with Crippen LogP contribution in [-0.2, 0) is 26.0 Å². The molecule has 1 saturated heterocycles. The summed E-state index contributed by atoms with van der Waals surface area (Å²) in [5.74, 6) is -3.27. The Kier molecular flexibility index (Phi) is 4.95. The first-order valence-corrected chi connectivity index (χ1v) is 8.77. The molecule has 0 aromatic heterocycles. The number of carbonyl (C=O) groups is 1. The molecule has 10 heteroatoms. The highest BCUT2D eigenvalue weighted by Crippen LogP contribution is 2.32. The molecule has 2 rings (SSSR count). The van der Waals surface area contributed by atoms with E-state index in [0.717, 1.165) is 12.3 Å². The molecular weight excluding hydrogens is 356 g/mol. The SMILES string of the molecule is CS(=O)(=O)NC1COC(Cc2cc(Cl)c(F)cc2F)(C(=O)O)C1. The standard InChI is InChI=1S/C13H14ClF2NO5S/c1-23(20,21)17-8-5-13(12(18)19,22-6-8)4-7-2-9(14)11(16)3-10(7)15/h2-3,8,17H,4-6H2,1H3,(H,18,19). The third-order valence-electron chi connectivity index (χ3n) is 3.47. The Balaban J connectivity index is 2.27. The molecule has 0 spiro atoms. The summed E-state index contributed by atoms with van der Waals surface area (Å²) < 4.78 is 57.0. The Labute approximate surface area is 136 Å². The highest BCUT2D eigenvalue weighted by atomic mass is 35.5. The van der Waals surface area contributed by atoms with Gasteiger partial charge in [0.05, 0.1) is 17.9 Å². The lowest BCUT2D eigenvalue weighted by Gasteiger charge is -2.24. The summed E-state index contributed by atoms with van der Waals surface area (Å²) in [7, 11) is -3.54. The number of halogens is 3. The fraction of sp³-hybridized carbons (Fsp3) is 0.462. The minimum atomic E-state index is -3.54. The molecule has 1 aliphatic rings. The number of rotatable bonds is 5. The molecule has 0 aliphatic carbocycles. The van der Waals surface area contributed by atoms with Crippen LogP contribution < -0.4 is 4.72 Å². The topological polar surface area (TPSA) is 92.7 Å². The van der Waals surface area contributed by atoms with Gasteiger partial charge in [-0.15, -0.1) is 0 Å². The molecule has 1 aromatic carbocycles. The van der Waals surface area contributed by atoms with E-state index < -0.39 is 45.7 Å². The van der Waals surface area contributed by atoms with E-state index in [9.17, 15) is 27.1 Å². The largest absolute Gasteiger partial charge is 0.479 e. The third kappa shape index (κ3) is 4.17. The highest BCUT2D eigenvalue weighted by Gasteiger charge is 2.48. The van der Waals surface area contributed by atoms with Gasteiger partial charge in [0.1, 0.15) is 11.6 Å². The molecule has 0 bridgehead atoms. The number of carboxylic acids is 1. The Morgan fingerprint density at radius 1 is 1.48 bits per heavy atom. The van der Waals surface area contributed by atoms with Crippen molar-refractivity contribution >= 4 is 27.6 Å². The Hall–Kier alpha value is -1.29. The van der Waals surface area contributed by atoms with Gasteiger partial charge in [-0.2, -0.15) is 0 Å². The number of hydrogen-bond acceptors (Lipinski definition) is 4. The molecule has 2 N–H and O–H groups in total. The van der Waals surface area contributed by atoms with Crippen molar-refractivity contribution in [3.8, 4) is 0 Å². The number of hydrogen-bond donors (Lipinski definition) is 2. The van der Waals surface area contributed by atoms with Crippen molar-refractivity contribution in [1.82, 2.24) is 4.72 Å². The van der Waals surface area contributed by atoms with Crippen LogP contribution in [0.2, 0.25) is 5.02 Å². The van der Waals surface area contributed by atoms with Crippen LogP contribution in [0.3, 0.4) is 0 Å². The van der Waals surface area contributed by atoms with Crippen molar-refractivity contribution in [3.05, 3.63) is 34.4 Å². The zero-order chi connectivity index (χ0) is 17.4. The van der Waals surface area contributed by atoms with Crippen LogP contribution in [-0.4, -0.2) is 44.0 Å². The van der Waals surface area contributed by atoms with E-state index in [4.69, 9.17) is 16.3 Å². The molecule has 128 valence electrons. The summed E-state index contributed by atoms with van der Waals surface area (Å²) >= 11 is 5.59. The second-order valence-corrected chi connectivity index (χ2v) is 7.62. The lowest BCUT2D eigenvalue weighted by Crippen LogP contribution is -2.42. The lowest BCUT2D eigenvalue weighted by molar-refractivity contribution is -0.159. The van der Waals surface area contributed by atoms with Crippen LogP contribution in [0.4, 0.5) is 8.78 Å². The molecule has 1 heterocycles. The van der Waals surface area contributed by atoms with Gasteiger partial charge in [-0.1, -0.05) is 11.6 Å². The van der Waals surface area contributed by atoms with Crippen molar-refractivity contribution in [3.63, 3.8) is 0 Å². The van der Waals surface area contributed by atoms with Crippen molar-refractivity contribution in [2.75, 3.05) is 12.9 Å². The maximum absolute atomic E-state index is 13.8. The van der Waals surface area contributed by atoms with Gasteiger partial charge in [0.25, 0.3) is 0 Å². The van der Waals surface area contributed by atoms with E-state index in [0.29, 0.717) is 6.07 Å². The van der Waals surface area contributed by atoms with Crippen molar-refractivity contribution in [2.24, 2.45) is 0 Å². The maximum atomic E-state index is 13.8. The average Bonchev–Trinajstić information content (AvgIpc) is 2.78. The predicted octanol–water partition coefficient (Wildman–Crippen LogP) is 1.32. The molecule has 1 fully saturated rings. The summed E-state index contributed by atoms with van der Waals surface area (Å²) in [5.41, 5.74) is -1.94. The van der Waals surface area contributed by atoms with Gasteiger partial charge in [0.2, 0.25) is 10.0 Å². The number of sulfonamides is 1. The van der Waals surface area contributed by atoms with Gasteiger partial charge in [0.15, 0.2) is 5.60 Å². The van der Waals surface area contributed by atoms with Gasteiger partial charge in [-0.05, 0) is 11.6 Å². The average molecular weight is 370 g/mol. The molecular formula is C13H14ClF2NO5S. The van der Waals surface area contributed by atoms with Crippen LogP contribution in [0.5, 0.6) is 0 Å². The molecule has 23 heavy (non-hydrogen) atoms. The molecule has 0 radical (unpaired) electrons. The number of benzene rings is 1. The Bertz CT molecular complexity index is 742. The van der Waals surface area contributed by atoms with Gasteiger partial charge in [-0.25, -0.2) is 26.7 Å². The third-order valence-corrected chi connectivity index (χ3v) is 4.52. The van der Waals surface area contributed by atoms with Crippen molar-refractivity contribution in [2.45, 2.75) is 24.5 Å². The fourth-order valence-corrected chi connectivity index (χ4v) is 3.45. The fourth-order valence-electron chi connectivity index (χ4n) is 2.51. The molecule has 2 unspecified atom stereocenters. The molecule has 6 nitrogen and oxygen atoms in total. The predicted molar refractivity (Wildman–Crippen MR) is 77.8 cm³/mol. The number of ether oxygens (including phenoxy) is 1. The molecule has 0 saturated carbocycles. The summed E-state index contributed by atoms with van der Waals surface area (Å²) in [6.45, 7) is -0.171. The second kappa shape index (κ2) is 6.31. The van der Waals surface area contributed by atoms with E-state index in [2.05, 4.69) is 4.72 Å². The summed E-state index contributed by atoms with van der Waals surface area (Å²) in [6, 6.07) is 0.812. The lowest BCUT2D eigenvalue weighted by atomic mass is 9.90. The molecule has 1 aromatic rings. The first-order chi connectivity index (χ1) is 10.5. The van der Waals surface area contributed by atoms with Gasteiger partial charge >= 0.3 is 5.97 Å². The van der Waals surface area contributed by atoms with Crippen molar-refractivity contribution in [1.29, 1.82) is 0 Å². The van der Waals surface area contributed by atoms with Crippen LogP contribution in [0, 0.1) is 11.6 Å². The zero-order valence-electron chi connectivity index (χ0n) is 12.0. The smallest absolute Gasteiger partial charge is 0.336 e. The van der Waals surface area contributed by atoms with Crippen LogP contribution in [0.1, 0.15) is 12.0 Å². The monoisotopic (exact) mass is 369 g/mol. The van der Waals surface area contributed by atoms with E-state index >= 15 is 0 Å². The van der Waals surface area contributed by atoms with Gasteiger partial charge in [0, 0.05) is 24.9 Å². The second-order valence-electron chi connectivity index (χ2n) is 5.44. The zero-order valence-corrected chi connectivity index (χ0v) is 13.5. The first-order valence-electron chi connectivity index (χ1n) is 6.50. The normalized spacial score (nSPS) is 24.8. The van der Waals surface area contributed by atoms with E-state index in [1.54, 1.807) is 0 Å². The molecule has 1 aliphatic heterocycles. The van der Waals surface area contributed by atoms with E-state index in [1.807, 2.05) is 0 Å². The minimum Gasteiger partial charge on any atom is -0.479 e. The van der Waals surface area contributed by atoms with Gasteiger partial charge < -0.3 is 9.84 Å². The van der Waals surface area contributed by atoms with Crippen LogP contribution >= 0.6 is 11.6 Å². The Morgan fingerprint density at radius 3 is 2.70 bits per heavy atom. The summed E-state index contributed by atoms with van der Waals surface area (Å²) in [4.78, 5) is 11.6. The quantitative estimate of drug-likeness (QED) is 0.764. The van der Waals surface area contributed by atoms with Crippen molar-refractivity contribution < 1.29 is 31.8 Å². The molecule has 0 amide bonds. The first kappa shape index (κ1) is 18.1. The number of nitrogens with one attached hydrogen (secondary N) is 1. The van der Waals surface area contributed by atoms with Gasteiger partial charge in [-0.3, -0.25) is 0 Å². The van der Waals surface area contributed by atoms with E-state index in [1.165, 1.54) is 0 Å². The van der Waals surface area contributed by atoms with E-state index in [-0.39, 0.29) is 23.6 Å². The summed E-state index contributed by atoms with van der Waals surface area (Å²) in [5, 5.41) is 9.08. The minimum absolute atomic E-state index is 0.126. The maximum Gasteiger partial charge on any atom is 0.336 e. The van der Waals surface area contributed by atoms with Crippen LogP contribution in [0.15, 0.2) is 12.1 Å². The van der Waals surface area contributed by atoms with Crippen LogP contribution in [0.25, 0.3) is 0 Å². The Morgan fingerprint density at radius 2 is 2.13 bits per heavy atom. The number of carboxylic acid groups (broad SMARTS) is 1. The number of aliphatic carboxylic acids is 1. The summed E-state index contributed by atoms with van der Waals surface area (Å²) in [6.07, 6.45) is 0.340. The highest BCUT2D eigenvalue weighted by molar-refractivity contribution is 7.88.